The monoisotopic (exact) mass is 1260 g/mol. The number of imide groups is 2. The van der Waals surface area contributed by atoms with E-state index in [4.69, 9.17) is 11.6 Å². The number of nitrogens with one attached hydrogen (secondary N) is 3. The molecule has 86 heavy (non-hydrogen) atoms. The topological polar surface area (TPSA) is 206 Å². The van der Waals surface area contributed by atoms with Crippen LogP contribution < -0.4 is 20.3 Å². The molecule has 25 heteroatoms. The molecule has 3 saturated heterocycles. The van der Waals surface area contributed by atoms with Crippen LogP contribution in [0.15, 0.2) is 129 Å². The Kier molecular flexibility index (Phi) is 18.6. The Morgan fingerprint density at radius 1 is 0.791 bits per heavy atom. The summed E-state index contributed by atoms with van der Waals surface area (Å²) >= 11 is 7.58. The van der Waals surface area contributed by atoms with E-state index < -0.39 is 93.8 Å². The molecule has 0 radical (unpaired) electrons. The highest BCUT2D eigenvalue weighted by molar-refractivity contribution is 7.99. The molecule has 4 heterocycles. The van der Waals surface area contributed by atoms with Crippen LogP contribution >= 0.6 is 23.4 Å². The van der Waals surface area contributed by atoms with Crippen molar-refractivity contribution >= 4 is 89.7 Å². The van der Waals surface area contributed by atoms with Gasteiger partial charge in [-0.05, 0) is 133 Å². The maximum atomic E-state index is 15.5. The van der Waals surface area contributed by atoms with Crippen LogP contribution in [-0.2, 0) is 36.0 Å². The molecule has 2 atom stereocenters. The van der Waals surface area contributed by atoms with Gasteiger partial charge in [0.1, 0.15) is 16.8 Å². The number of hydrogen-bond donors (Lipinski definition) is 3. The number of piperidine rings is 1. The molecule has 0 spiro atoms. The predicted octanol–water partition coefficient (Wildman–Crippen LogP) is 8.86. The van der Waals surface area contributed by atoms with E-state index in [0.29, 0.717) is 67.4 Å². The Hall–Kier alpha value is -6.67. The number of sulfonamides is 1. The van der Waals surface area contributed by atoms with Gasteiger partial charge in [-0.2, -0.15) is 13.2 Å². The highest BCUT2D eigenvalue weighted by Crippen LogP contribution is 2.43. The van der Waals surface area contributed by atoms with Crippen molar-refractivity contribution in [1.29, 1.82) is 0 Å². The third kappa shape index (κ3) is 14.2. The molecular weight excluding hydrogens is 1200 g/mol. The van der Waals surface area contributed by atoms with E-state index in [1.54, 1.807) is 12.1 Å². The fourth-order valence-electron chi connectivity index (χ4n) is 11.8. The van der Waals surface area contributed by atoms with Crippen molar-refractivity contribution < 1.29 is 58.4 Å². The normalized spacial score (nSPS) is 19.6. The SMILES string of the molecule is CC1(C)CCC(c2ccc(Cl)cc2)=C(CN2CCN(c3ccc(C(=O)NS(=O)(=O)c4ccc(N[C@H](CCN5CCN(Cc6cc(F)c7c(c6)C(=O)N(C6CCC(=O)NC6=O)C7=O)CC5)CSc5ccccc5)c(S(=O)(=O)C(F)(F)F)c4)cc3)CC2)C1. The molecule has 10 rings (SSSR count). The van der Waals surface area contributed by atoms with E-state index in [0.717, 1.165) is 61.6 Å². The molecule has 0 aromatic heterocycles. The number of carbonyl (C=O) groups excluding carboxylic acids is 5. The van der Waals surface area contributed by atoms with Gasteiger partial charge in [-0.15, -0.1) is 11.8 Å². The van der Waals surface area contributed by atoms with Gasteiger partial charge in [0, 0.05) is 111 Å². The molecule has 0 saturated carbocycles. The van der Waals surface area contributed by atoms with Crippen LogP contribution in [0.2, 0.25) is 5.02 Å². The second kappa shape index (κ2) is 25.6. The molecule has 1 unspecified atom stereocenters. The third-order valence-corrected chi connectivity index (χ3v) is 20.8. The number of benzene rings is 5. The van der Waals surface area contributed by atoms with E-state index in [2.05, 4.69) is 51.3 Å². The average Bonchev–Trinajstić information content (AvgIpc) is 1.56. The molecule has 5 aromatic carbocycles. The van der Waals surface area contributed by atoms with Crippen molar-refractivity contribution in [3.05, 3.63) is 153 Å². The maximum Gasteiger partial charge on any atom is 0.501 e. The van der Waals surface area contributed by atoms with Crippen LogP contribution in [0.3, 0.4) is 0 Å². The molecule has 456 valence electrons. The Morgan fingerprint density at radius 2 is 1.45 bits per heavy atom. The van der Waals surface area contributed by atoms with Crippen molar-refractivity contribution in [2.45, 2.75) is 91.2 Å². The quantitative estimate of drug-likeness (QED) is 0.0401. The Bertz CT molecular complexity index is 3690. The van der Waals surface area contributed by atoms with Gasteiger partial charge < -0.3 is 15.1 Å². The number of halogens is 5. The van der Waals surface area contributed by atoms with Crippen LogP contribution in [0.25, 0.3) is 5.57 Å². The molecular formula is C61H65ClF4N8O9S3. The van der Waals surface area contributed by atoms with E-state index in [1.807, 2.05) is 52.1 Å². The van der Waals surface area contributed by atoms with Gasteiger partial charge in [0.25, 0.3) is 37.6 Å². The van der Waals surface area contributed by atoms with Gasteiger partial charge in [-0.1, -0.05) is 61.4 Å². The zero-order valence-corrected chi connectivity index (χ0v) is 50.5. The van der Waals surface area contributed by atoms with E-state index in [1.165, 1.54) is 52.7 Å². The minimum atomic E-state index is -6.19. The number of hydrogen-bond acceptors (Lipinski definition) is 15. The summed E-state index contributed by atoms with van der Waals surface area (Å²) in [5.74, 6) is -4.87. The third-order valence-electron chi connectivity index (χ3n) is 16.5. The van der Waals surface area contributed by atoms with Crippen molar-refractivity contribution in [3.8, 4) is 0 Å². The molecule has 17 nitrogen and oxygen atoms in total. The number of thioether (sulfide) groups is 1. The lowest BCUT2D eigenvalue weighted by molar-refractivity contribution is -0.136. The second-order valence-corrected chi connectivity index (χ2v) is 28.2. The molecule has 3 fully saturated rings. The molecule has 5 aliphatic rings. The smallest absolute Gasteiger partial charge is 0.380 e. The van der Waals surface area contributed by atoms with Gasteiger partial charge in [0.05, 0.1) is 21.7 Å². The molecule has 5 amide bonds. The van der Waals surface area contributed by atoms with Crippen molar-refractivity contribution in [3.63, 3.8) is 0 Å². The highest BCUT2D eigenvalue weighted by atomic mass is 35.5. The summed E-state index contributed by atoms with van der Waals surface area (Å²) < 4.78 is 115. The lowest BCUT2D eigenvalue weighted by Crippen LogP contribution is -2.54. The number of alkyl halides is 3. The summed E-state index contributed by atoms with van der Waals surface area (Å²) in [5, 5.41) is 5.80. The van der Waals surface area contributed by atoms with E-state index in [-0.39, 0.29) is 48.1 Å². The van der Waals surface area contributed by atoms with Crippen LogP contribution in [-0.4, -0.2) is 155 Å². The fraction of sp³-hybridized carbons (Fsp3) is 0.393. The van der Waals surface area contributed by atoms with Gasteiger partial charge in [-0.25, -0.2) is 25.9 Å². The van der Waals surface area contributed by atoms with Gasteiger partial charge in [-0.3, -0.25) is 44.0 Å². The molecule has 5 aromatic rings. The number of nitrogens with zero attached hydrogens (tertiary/aromatic N) is 5. The Morgan fingerprint density at radius 3 is 2.13 bits per heavy atom. The number of fused-ring (bicyclic) bond motifs is 1. The highest BCUT2D eigenvalue weighted by Gasteiger charge is 2.49. The van der Waals surface area contributed by atoms with E-state index >= 15 is 4.39 Å². The van der Waals surface area contributed by atoms with Crippen LogP contribution in [0.1, 0.15) is 94.6 Å². The molecule has 0 bridgehead atoms. The number of carbonyl (C=O) groups is 5. The predicted molar refractivity (Wildman–Crippen MR) is 319 cm³/mol. The zero-order valence-electron chi connectivity index (χ0n) is 47.3. The fourth-order valence-corrected chi connectivity index (χ4v) is 14.9. The van der Waals surface area contributed by atoms with Crippen molar-refractivity contribution in [2.24, 2.45) is 5.41 Å². The maximum absolute atomic E-state index is 15.5. The van der Waals surface area contributed by atoms with Crippen molar-refractivity contribution in [2.75, 3.05) is 81.4 Å². The van der Waals surface area contributed by atoms with Crippen LogP contribution in [0.4, 0.5) is 28.9 Å². The van der Waals surface area contributed by atoms with Gasteiger partial charge in [0.15, 0.2) is 0 Å². The summed E-state index contributed by atoms with van der Waals surface area (Å²) in [6, 6.07) is 26.4. The largest absolute Gasteiger partial charge is 0.501 e. The first-order valence-electron chi connectivity index (χ1n) is 28.3. The number of anilines is 2. The number of rotatable bonds is 19. The molecule has 4 aliphatic heterocycles. The second-order valence-electron chi connectivity index (χ2n) is 23.1. The lowest BCUT2D eigenvalue weighted by Gasteiger charge is -2.39. The van der Waals surface area contributed by atoms with Crippen LogP contribution in [0, 0.1) is 11.2 Å². The standard InChI is InChI=1S/C61H65ClF4N8O9S3/c1-60(2)22-20-48(40-8-12-43(62)13-9-40)42(35-60)37-72-28-30-73(31-29-72)45-14-10-41(11-15-45)56(76)69-86(82,83)47-16-17-51(53(34-47)85(80,81)61(64,65)66)67-44(38-84-46-6-4-3-5-7-46)21-23-70-24-26-71(27-25-70)36-39-32-49-55(50(63)33-39)59(79)74(58(49)78)52-18-19-54(75)68-57(52)77/h3-17,32-34,44,52,67H,18-31,35-38H2,1-2H3,(H,69,76)(H,68,75,77)/t44-,52?/m1/s1. The van der Waals surface area contributed by atoms with Gasteiger partial charge in [0.2, 0.25) is 11.8 Å². The lowest BCUT2D eigenvalue weighted by atomic mass is 9.73. The Labute approximate surface area is 506 Å². The zero-order chi connectivity index (χ0) is 61.3. The summed E-state index contributed by atoms with van der Waals surface area (Å²) in [7, 11) is -11.1. The number of amides is 5. The van der Waals surface area contributed by atoms with Gasteiger partial charge >= 0.3 is 5.51 Å². The summed E-state index contributed by atoms with van der Waals surface area (Å²) in [5.41, 5.74) is -1.59. The molecule has 3 N–H and O–H groups in total. The van der Waals surface area contributed by atoms with Crippen LogP contribution in [0.5, 0.6) is 0 Å². The first-order valence-corrected chi connectivity index (χ1v) is 32.7. The number of allylic oxidation sites excluding steroid dienone is 1. The first kappa shape index (κ1) is 62.4. The van der Waals surface area contributed by atoms with Crippen molar-refractivity contribution in [1.82, 2.24) is 29.6 Å². The number of piperazine rings is 2. The van der Waals surface area contributed by atoms with E-state index in [9.17, 15) is 54.0 Å². The average molecular weight is 1260 g/mol. The summed E-state index contributed by atoms with van der Waals surface area (Å²) in [4.78, 5) is 72.5. The molecule has 1 aliphatic carbocycles. The Balaban J connectivity index is 0.774. The summed E-state index contributed by atoms with van der Waals surface area (Å²) in [6.07, 6.45) is 3.20. The first-order chi connectivity index (χ1) is 40.8. The number of sulfone groups is 1. The summed E-state index contributed by atoms with van der Waals surface area (Å²) in [6.45, 7) is 10.9. The minimum absolute atomic E-state index is 0.0494. The minimum Gasteiger partial charge on any atom is -0.380 e.